The van der Waals surface area contributed by atoms with Crippen molar-refractivity contribution in [3.8, 4) is 0 Å². The topological polar surface area (TPSA) is 84.7 Å². The zero-order valence-corrected chi connectivity index (χ0v) is 11.5. The lowest BCUT2D eigenvalue weighted by Crippen LogP contribution is -2.39. The molecular formula is C13H18FN3O3. The molecule has 0 spiro atoms. The molecule has 1 aromatic carbocycles. The number of nitrogen functional groups attached to an aromatic ring is 1. The second kappa shape index (κ2) is 7.44. The number of hydrogen-bond acceptors (Lipinski definition) is 4. The second-order valence-corrected chi connectivity index (χ2v) is 4.21. The van der Waals surface area contributed by atoms with Gasteiger partial charge in [0, 0.05) is 20.7 Å². The number of halogens is 1. The normalized spacial score (nSPS) is 10.2. The number of carbonyl (C=O) groups is 2. The molecule has 3 N–H and O–H groups in total. The highest BCUT2D eigenvalue weighted by Gasteiger charge is 2.18. The lowest BCUT2D eigenvalue weighted by Gasteiger charge is -2.17. The van der Waals surface area contributed by atoms with E-state index in [2.05, 4.69) is 5.32 Å². The smallest absolute Gasteiger partial charge is 0.256 e. The van der Waals surface area contributed by atoms with Crippen molar-refractivity contribution >= 4 is 17.5 Å². The number of benzene rings is 1. The molecule has 0 unspecified atom stereocenters. The maximum atomic E-state index is 13.3. The van der Waals surface area contributed by atoms with Gasteiger partial charge in [-0.05, 0) is 12.1 Å². The molecule has 0 aliphatic carbocycles. The van der Waals surface area contributed by atoms with E-state index in [0.29, 0.717) is 13.2 Å². The number of methoxy groups -OCH3 is 1. The number of likely N-dealkylation sites (N-methyl/N-ethyl adjacent to an activating group) is 1. The number of ether oxygens (including phenoxy) is 1. The maximum absolute atomic E-state index is 13.3. The number of rotatable bonds is 6. The Morgan fingerprint density at radius 1 is 1.45 bits per heavy atom. The van der Waals surface area contributed by atoms with Gasteiger partial charge in [-0.15, -0.1) is 0 Å². The predicted octanol–water partition coefficient (Wildman–Crippen LogP) is 0.243. The Kier molecular flexibility index (Phi) is 5.92. The van der Waals surface area contributed by atoms with Gasteiger partial charge in [-0.2, -0.15) is 0 Å². The van der Waals surface area contributed by atoms with Crippen molar-refractivity contribution in [3.05, 3.63) is 29.6 Å². The van der Waals surface area contributed by atoms with Crippen molar-refractivity contribution in [2.45, 2.75) is 0 Å². The van der Waals surface area contributed by atoms with E-state index in [1.54, 1.807) is 0 Å². The maximum Gasteiger partial charge on any atom is 0.256 e. The van der Waals surface area contributed by atoms with Crippen LogP contribution in [0.3, 0.4) is 0 Å². The molecule has 6 nitrogen and oxygen atoms in total. The molecule has 0 aliphatic heterocycles. The van der Waals surface area contributed by atoms with E-state index in [4.69, 9.17) is 10.5 Å². The first-order valence-corrected chi connectivity index (χ1v) is 6.02. The van der Waals surface area contributed by atoms with E-state index < -0.39 is 11.7 Å². The summed E-state index contributed by atoms with van der Waals surface area (Å²) in [5, 5.41) is 2.58. The van der Waals surface area contributed by atoms with E-state index in [0.717, 1.165) is 0 Å². The van der Waals surface area contributed by atoms with E-state index >= 15 is 0 Å². The fourth-order valence-electron chi connectivity index (χ4n) is 1.56. The third kappa shape index (κ3) is 4.20. The number of anilines is 1. The molecule has 0 saturated heterocycles. The minimum Gasteiger partial charge on any atom is -0.396 e. The Morgan fingerprint density at radius 3 is 2.80 bits per heavy atom. The van der Waals surface area contributed by atoms with Crippen LogP contribution in [0.5, 0.6) is 0 Å². The van der Waals surface area contributed by atoms with Gasteiger partial charge in [-0.25, -0.2) is 4.39 Å². The van der Waals surface area contributed by atoms with Crippen LogP contribution in [0.2, 0.25) is 0 Å². The summed E-state index contributed by atoms with van der Waals surface area (Å²) < 4.78 is 18.1. The molecule has 0 aromatic heterocycles. The number of hydrogen-bond donors (Lipinski definition) is 2. The van der Waals surface area contributed by atoms with Crippen LogP contribution in [0, 0.1) is 5.82 Å². The molecular weight excluding hydrogens is 265 g/mol. The summed E-state index contributed by atoms with van der Waals surface area (Å²) in [6.07, 6.45) is 0. The summed E-state index contributed by atoms with van der Waals surface area (Å²) in [5.41, 5.74) is 5.33. The lowest BCUT2D eigenvalue weighted by molar-refractivity contribution is -0.121. The molecule has 0 radical (unpaired) electrons. The summed E-state index contributed by atoms with van der Waals surface area (Å²) in [7, 11) is 2.97. The first kappa shape index (κ1) is 15.9. The van der Waals surface area contributed by atoms with E-state index in [-0.39, 0.29) is 23.7 Å². The van der Waals surface area contributed by atoms with Crippen molar-refractivity contribution < 1.29 is 18.7 Å². The predicted molar refractivity (Wildman–Crippen MR) is 72.7 cm³/mol. The third-order valence-corrected chi connectivity index (χ3v) is 2.64. The van der Waals surface area contributed by atoms with Crippen LogP contribution in [-0.2, 0) is 9.53 Å². The zero-order chi connectivity index (χ0) is 15.1. The molecule has 110 valence electrons. The fourth-order valence-corrected chi connectivity index (χ4v) is 1.56. The number of nitrogens with zero attached hydrogens (tertiary/aromatic N) is 1. The van der Waals surface area contributed by atoms with Gasteiger partial charge in [-0.3, -0.25) is 9.59 Å². The zero-order valence-electron chi connectivity index (χ0n) is 11.5. The molecule has 0 atom stereocenters. The van der Waals surface area contributed by atoms with Gasteiger partial charge in [0.1, 0.15) is 5.82 Å². The SMILES string of the molecule is COCCNC(=O)CN(C)C(=O)c1cccc(F)c1N. The van der Waals surface area contributed by atoms with Gasteiger partial charge >= 0.3 is 0 Å². The Labute approximate surface area is 116 Å². The van der Waals surface area contributed by atoms with E-state index in [1.807, 2.05) is 0 Å². The van der Waals surface area contributed by atoms with E-state index in [1.165, 1.54) is 37.3 Å². The number of amides is 2. The molecule has 2 amide bonds. The van der Waals surface area contributed by atoms with Crippen LogP contribution in [0.15, 0.2) is 18.2 Å². The van der Waals surface area contributed by atoms with Gasteiger partial charge in [0.2, 0.25) is 5.91 Å². The van der Waals surface area contributed by atoms with Gasteiger partial charge < -0.3 is 20.7 Å². The monoisotopic (exact) mass is 283 g/mol. The summed E-state index contributed by atoms with van der Waals surface area (Å²) in [5.74, 6) is -1.49. The van der Waals surface area contributed by atoms with Gasteiger partial charge in [0.15, 0.2) is 0 Å². The largest absolute Gasteiger partial charge is 0.396 e. The summed E-state index contributed by atoms with van der Waals surface area (Å²) in [4.78, 5) is 24.8. The summed E-state index contributed by atoms with van der Waals surface area (Å²) in [6, 6.07) is 3.98. The van der Waals surface area contributed by atoms with Gasteiger partial charge in [0.05, 0.1) is 24.4 Å². The molecule has 1 aromatic rings. The average molecular weight is 283 g/mol. The quantitative estimate of drug-likeness (QED) is 0.578. The Balaban J connectivity index is 2.63. The average Bonchev–Trinajstić information content (AvgIpc) is 2.41. The number of para-hydroxylation sites is 1. The molecule has 20 heavy (non-hydrogen) atoms. The molecule has 0 saturated carbocycles. The Morgan fingerprint density at radius 2 is 2.15 bits per heavy atom. The van der Waals surface area contributed by atoms with Crippen LogP contribution in [0.25, 0.3) is 0 Å². The van der Waals surface area contributed by atoms with Crippen LogP contribution in [-0.4, -0.2) is 50.6 Å². The van der Waals surface area contributed by atoms with Gasteiger partial charge in [-0.1, -0.05) is 6.07 Å². The summed E-state index contributed by atoms with van der Waals surface area (Å²) in [6.45, 7) is 0.609. The minimum atomic E-state index is -0.659. The number of carbonyl (C=O) groups excluding carboxylic acids is 2. The molecule has 0 fully saturated rings. The minimum absolute atomic E-state index is 0.0391. The highest BCUT2D eigenvalue weighted by atomic mass is 19.1. The van der Waals surface area contributed by atoms with Gasteiger partial charge in [0.25, 0.3) is 5.91 Å². The Bertz CT molecular complexity index is 494. The molecule has 1 rings (SSSR count). The van der Waals surface area contributed by atoms with Crippen molar-refractivity contribution in [1.82, 2.24) is 10.2 Å². The summed E-state index contributed by atoms with van der Waals surface area (Å²) >= 11 is 0. The number of nitrogens with two attached hydrogens (primary N) is 1. The van der Waals surface area contributed by atoms with Crippen LogP contribution < -0.4 is 11.1 Å². The molecule has 0 aliphatic rings. The fraction of sp³-hybridized carbons (Fsp3) is 0.385. The standard InChI is InChI=1S/C13H18FN3O3/c1-17(8-11(18)16-6-7-20-2)13(19)9-4-3-5-10(14)12(9)15/h3-5H,6-8,15H2,1-2H3,(H,16,18). The molecule has 0 heterocycles. The van der Waals surface area contributed by atoms with Crippen LogP contribution in [0.4, 0.5) is 10.1 Å². The Hall–Kier alpha value is -2.15. The van der Waals surface area contributed by atoms with Crippen molar-refractivity contribution in [3.63, 3.8) is 0 Å². The molecule has 7 heteroatoms. The van der Waals surface area contributed by atoms with Crippen molar-refractivity contribution in [2.75, 3.05) is 39.6 Å². The highest BCUT2D eigenvalue weighted by molar-refractivity contribution is 6.00. The highest BCUT2D eigenvalue weighted by Crippen LogP contribution is 2.17. The van der Waals surface area contributed by atoms with Crippen LogP contribution >= 0.6 is 0 Å². The third-order valence-electron chi connectivity index (χ3n) is 2.64. The first-order valence-electron chi connectivity index (χ1n) is 6.02. The number of nitrogens with one attached hydrogen (secondary N) is 1. The van der Waals surface area contributed by atoms with Crippen molar-refractivity contribution in [2.24, 2.45) is 0 Å². The van der Waals surface area contributed by atoms with Crippen molar-refractivity contribution in [1.29, 1.82) is 0 Å². The second-order valence-electron chi connectivity index (χ2n) is 4.21. The lowest BCUT2D eigenvalue weighted by atomic mass is 10.1. The first-order chi connectivity index (χ1) is 9.47. The molecule has 0 bridgehead atoms. The van der Waals surface area contributed by atoms with Crippen LogP contribution in [0.1, 0.15) is 10.4 Å². The van der Waals surface area contributed by atoms with E-state index in [9.17, 15) is 14.0 Å².